The van der Waals surface area contributed by atoms with Crippen LogP contribution in [0.25, 0.3) is 11.3 Å². The molecule has 0 aliphatic carbocycles. The molecule has 2 N–H and O–H groups in total. The van der Waals surface area contributed by atoms with E-state index in [1.54, 1.807) is 6.20 Å². The van der Waals surface area contributed by atoms with Crippen LogP contribution < -0.4 is 10.6 Å². The zero-order valence-electron chi connectivity index (χ0n) is 21.3. The van der Waals surface area contributed by atoms with Crippen LogP contribution in [0, 0.1) is 6.92 Å². The first-order valence-electron chi connectivity index (χ1n) is 12.7. The average molecular weight is 590 g/mol. The van der Waals surface area contributed by atoms with Crippen LogP contribution in [0.3, 0.4) is 0 Å². The Bertz CT molecular complexity index is 1460. The first-order valence-corrected chi connectivity index (χ1v) is 13.9. The molecule has 3 heterocycles. The van der Waals surface area contributed by atoms with Crippen LogP contribution >= 0.6 is 28.1 Å². The van der Waals surface area contributed by atoms with Crippen molar-refractivity contribution in [2.75, 3.05) is 11.9 Å². The van der Waals surface area contributed by atoms with Gasteiger partial charge in [-0.25, -0.2) is 0 Å². The summed E-state index contributed by atoms with van der Waals surface area (Å²) in [4.78, 5) is 19.6. The molecular weight excluding hydrogens is 560 g/mol. The maximum Gasteiger partial charge on any atom is 0.226 e. The largest absolute Gasteiger partial charge is 0.459 e. The number of benzene rings is 2. The Kier molecular flexibility index (Phi) is 7.90. The minimum atomic E-state index is -0.258. The van der Waals surface area contributed by atoms with E-state index >= 15 is 0 Å². The van der Waals surface area contributed by atoms with Gasteiger partial charge in [-0.3, -0.25) is 9.78 Å². The Hall–Kier alpha value is -3.49. The van der Waals surface area contributed by atoms with E-state index in [0.717, 1.165) is 44.9 Å². The summed E-state index contributed by atoms with van der Waals surface area (Å²) in [7, 11) is 0. The van der Waals surface area contributed by atoms with E-state index in [2.05, 4.69) is 57.5 Å². The van der Waals surface area contributed by atoms with Crippen molar-refractivity contribution in [2.24, 2.45) is 0 Å². The van der Waals surface area contributed by atoms with Gasteiger partial charge in [0.2, 0.25) is 5.91 Å². The molecule has 2 aromatic carbocycles. The number of nitrogens with one attached hydrogen (secondary N) is 2. The molecule has 0 unspecified atom stereocenters. The lowest BCUT2D eigenvalue weighted by molar-refractivity contribution is -0.116. The second-order valence-corrected chi connectivity index (χ2v) is 10.6. The van der Waals surface area contributed by atoms with Gasteiger partial charge < -0.3 is 20.0 Å². The maximum atomic E-state index is 13.0. The summed E-state index contributed by atoms with van der Waals surface area (Å²) >= 11 is 9.42. The number of rotatable bonds is 8. The molecule has 1 saturated heterocycles. The molecule has 4 aromatic rings. The van der Waals surface area contributed by atoms with Crippen molar-refractivity contribution in [3.8, 4) is 11.3 Å². The lowest BCUT2D eigenvalue weighted by Crippen LogP contribution is -2.32. The number of thiocarbonyl (C=S) groups is 1. The fourth-order valence-corrected chi connectivity index (χ4v) is 5.84. The number of pyridine rings is 1. The van der Waals surface area contributed by atoms with E-state index in [1.165, 1.54) is 5.56 Å². The maximum absolute atomic E-state index is 13.0. The third-order valence-electron chi connectivity index (χ3n) is 6.76. The summed E-state index contributed by atoms with van der Waals surface area (Å²) in [6.45, 7) is 4.57. The highest BCUT2D eigenvalue weighted by Crippen LogP contribution is 2.41. The highest BCUT2D eigenvalue weighted by atomic mass is 79.9. The van der Waals surface area contributed by atoms with Gasteiger partial charge in [0.1, 0.15) is 17.6 Å². The number of aromatic nitrogens is 1. The van der Waals surface area contributed by atoms with Gasteiger partial charge in [-0.1, -0.05) is 53.2 Å². The zero-order chi connectivity index (χ0) is 26.6. The number of hydrogen-bond donors (Lipinski definition) is 2. The fraction of sp³-hybridized carbons (Fsp3) is 0.233. The third kappa shape index (κ3) is 5.51. The van der Waals surface area contributed by atoms with Crippen LogP contribution in [-0.2, 0) is 11.2 Å². The molecule has 1 aliphatic rings. The van der Waals surface area contributed by atoms with Gasteiger partial charge in [0.05, 0.1) is 11.7 Å². The molecular formula is C30H29BrN4O2S. The molecule has 2 aromatic heterocycles. The molecule has 2 atom stereocenters. The molecule has 1 fully saturated rings. The van der Waals surface area contributed by atoms with Crippen LogP contribution in [0.4, 0.5) is 5.69 Å². The lowest BCUT2D eigenvalue weighted by Gasteiger charge is -2.26. The standard InChI is InChI=1S/C30H29BrN4O2S/c1-3-20-8-4-5-9-23(20)33-27(36)15-17-35-29(28(34-30(35)38)24-10-6-7-16-32-24)26-14-13-25(37-26)21-12-11-19(2)18-22(21)31/h4-14,16,18,28-29H,3,15,17H2,1-2H3,(H,33,36)(H,34,38)/t28-,29+/m1/s1. The fourth-order valence-electron chi connectivity index (χ4n) is 4.82. The molecule has 5 rings (SSSR count). The summed E-state index contributed by atoms with van der Waals surface area (Å²) in [5, 5.41) is 7.06. The van der Waals surface area contributed by atoms with E-state index < -0.39 is 0 Å². The SMILES string of the molecule is CCc1ccccc1NC(=O)CCN1C(=S)N[C@H](c2ccccn2)[C@@H]1c1ccc(-c2ccc(C)cc2Br)o1. The predicted molar refractivity (Wildman–Crippen MR) is 158 cm³/mol. The van der Waals surface area contributed by atoms with Crippen molar-refractivity contribution in [2.45, 2.75) is 38.8 Å². The summed E-state index contributed by atoms with van der Waals surface area (Å²) < 4.78 is 7.41. The van der Waals surface area contributed by atoms with Gasteiger partial charge in [0.25, 0.3) is 0 Å². The van der Waals surface area contributed by atoms with Crippen molar-refractivity contribution in [1.82, 2.24) is 15.2 Å². The second kappa shape index (κ2) is 11.5. The van der Waals surface area contributed by atoms with Crippen molar-refractivity contribution >= 4 is 44.9 Å². The minimum absolute atomic E-state index is 0.0579. The Morgan fingerprint density at radius 3 is 2.71 bits per heavy atom. The number of amides is 1. The van der Waals surface area contributed by atoms with Gasteiger partial charge in [-0.05, 0) is 79.2 Å². The smallest absolute Gasteiger partial charge is 0.226 e. The minimum Gasteiger partial charge on any atom is -0.459 e. The molecule has 0 radical (unpaired) electrons. The number of carbonyl (C=O) groups is 1. The number of furan rings is 1. The van der Waals surface area contributed by atoms with Crippen molar-refractivity contribution < 1.29 is 9.21 Å². The number of hydrogen-bond acceptors (Lipinski definition) is 4. The lowest BCUT2D eigenvalue weighted by atomic mass is 10.0. The number of para-hydroxylation sites is 1. The van der Waals surface area contributed by atoms with Gasteiger partial charge in [-0.2, -0.15) is 0 Å². The van der Waals surface area contributed by atoms with E-state index in [1.807, 2.05) is 65.6 Å². The second-order valence-electron chi connectivity index (χ2n) is 9.31. The number of halogens is 1. The third-order valence-corrected chi connectivity index (χ3v) is 7.77. The Morgan fingerprint density at radius 2 is 1.95 bits per heavy atom. The highest BCUT2D eigenvalue weighted by Gasteiger charge is 2.41. The van der Waals surface area contributed by atoms with Crippen LogP contribution in [-0.4, -0.2) is 27.4 Å². The Morgan fingerprint density at radius 1 is 1.13 bits per heavy atom. The van der Waals surface area contributed by atoms with Gasteiger partial charge in [0, 0.05) is 34.9 Å². The summed E-state index contributed by atoms with van der Waals surface area (Å²) in [6, 6.07) is 23.4. The topological polar surface area (TPSA) is 70.4 Å². The monoisotopic (exact) mass is 588 g/mol. The highest BCUT2D eigenvalue weighted by molar-refractivity contribution is 9.10. The quantitative estimate of drug-likeness (QED) is 0.216. The van der Waals surface area contributed by atoms with Crippen LogP contribution in [0.15, 0.2) is 87.9 Å². The molecule has 0 saturated carbocycles. The van der Waals surface area contributed by atoms with Crippen LogP contribution in [0.2, 0.25) is 0 Å². The van der Waals surface area contributed by atoms with Gasteiger partial charge in [0.15, 0.2) is 5.11 Å². The Labute approximate surface area is 236 Å². The first-order chi connectivity index (χ1) is 18.4. The van der Waals surface area contributed by atoms with E-state index in [-0.39, 0.29) is 24.4 Å². The zero-order valence-corrected chi connectivity index (χ0v) is 23.7. The molecule has 1 amide bonds. The van der Waals surface area contributed by atoms with Crippen LogP contribution in [0.5, 0.6) is 0 Å². The first kappa shape index (κ1) is 26.1. The molecule has 0 bridgehead atoms. The summed E-state index contributed by atoms with van der Waals surface area (Å²) in [5.74, 6) is 1.46. The van der Waals surface area contributed by atoms with E-state index in [4.69, 9.17) is 16.6 Å². The number of nitrogens with zero attached hydrogens (tertiary/aromatic N) is 2. The summed E-state index contributed by atoms with van der Waals surface area (Å²) in [6.07, 6.45) is 2.90. The molecule has 0 spiro atoms. The number of anilines is 1. The average Bonchev–Trinajstić information content (AvgIpc) is 3.52. The van der Waals surface area contributed by atoms with Gasteiger partial charge >= 0.3 is 0 Å². The van der Waals surface area contributed by atoms with Crippen molar-refractivity contribution in [3.05, 3.63) is 106 Å². The predicted octanol–water partition coefficient (Wildman–Crippen LogP) is 6.98. The summed E-state index contributed by atoms with van der Waals surface area (Å²) in [5.41, 5.74) is 4.96. The number of carbonyl (C=O) groups excluding carboxylic acids is 1. The van der Waals surface area contributed by atoms with E-state index in [0.29, 0.717) is 11.7 Å². The molecule has 38 heavy (non-hydrogen) atoms. The Balaban J connectivity index is 1.41. The molecule has 8 heteroatoms. The van der Waals surface area contributed by atoms with Crippen molar-refractivity contribution in [1.29, 1.82) is 0 Å². The van der Waals surface area contributed by atoms with Crippen LogP contribution in [0.1, 0.15) is 48.0 Å². The normalized spacial score (nSPS) is 16.9. The molecule has 6 nitrogen and oxygen atoms in total. The van der Waals surface area contributed by atoms with Crippen molar-refractivity contribution in [3.63, 3.8) is 0 Å². The number of aryl methyl sites for hydroxylation is 2. The van der Waals surface area contributed by atoms with E-state index in [9.17, 15) is 4.79 Å². The van der Waals surface area contributed by atoms with Gasteiger partial charge in [-0.15, -0.1) is 0 Å². The molecule has 1 aliphatic heterocycles. The molecule has 194 valence electrons.